The lowest BCUT2D eigenvalue weighted by atomic mass is 10.1. The van der Waals surface area contributed by atoms with Crippen molar-refractivity contribution in [3.63, 3.8) is 0 Å². The molecule has 0 fully saturated rings. The average molecular weight is 290 g/mol. The van der Waals surface area contributed by atoms with Crippen molar-refractivity contribution in [2.24, 2.45) is 0 Å². The average Bonchev–Trinajstić information content (AvgIpc) is 2.46. The third-order valence-corrected chi connectivity index (χ3v) is 5.35. The predicted molar refractivity (Wildman–Crippen MR) is 81.8 cm³/mol. The molecular weight excluding hydrogens is 276 g/mol. The van der Waals surface area contributed by atoms with Gasteiger partial charge in [-0.1, -0.05) is 51.9 Å². The van der Waals surface area contributed by atoms with Crippen LogP contribution in [0.25, 0.3) is 0 Å². The third kappa shape index (κ3) is 4.04. The van der Waals surface area contributed by atoms with E-state index in [0.29, 0.717) is 0 Å². The highest BCUT2D eigenvalue weighted by atomic mass is 33.1. The molecule has 19 heavy (non-hydrogen) atoms. The standard InChI is InChI=1S/C15H14O2S2/c1-11(15(17)12-5-3-2-4-6-12)18-19-14-9-7-13(16)8-10-14/h2-11,16H,1H3. The topological polar surface area (TPSA) is 37.3 Å². The lowest BCUT2D eigenvalue weighted by Gasteiger charge is -2.09. The summed E-state index contributed by atoms with van der Waals surface area (Å²) in [6.07, 6.45) is 0. The largest absolute Gasteiger partial charge is 0.508 e. The number of carbonyl (C=O) groups is 1. The van der Waals surface area contributed by atoms with Crippen molar-refractivity contribution in [1.29, 1.82) is 0 Å². The van der Waals surface area contributed by atoms with Crippen LogP contribution in [0.3, 0.4) is 0 Å². The van der Waals surface area contributed by atoms with E-state index in [-0.39, 0.29) is 16.8 Å². The molecule has 0 radical (unpaired) electrons. The summed E-state index contributed by atoms with van der Waals surface area (Å²) < 4.78 is 0. The molecule has 1 N–H and O–H groups in total. The van der Waals surface area contributed by atoms with E-state index in [4.69, 9.17) is 0 Å². The van der Waals surface area contributed by atoms with Crippen molar-refractivity contribution in [2.75, 3.05) is 0 Å². The maximum Gasteiger partial charge on any atom is 0.176 e. The van der Waals surface area contributed by atoms with Crippen LogP contribution in [-0.2, 0) is 0 Å². The molecule has 0 spiro atoms. The number of Topliss-reactive ketones (excluding diaryl/α,β-unsaturated/α-hetero) is 1. The number of ketones is 1. The molecular formula is C15H14O2S2. The maximum absolute atomic E-state index is 12.1. The Labute approximate surface area is 120 Å². The van der Waals surface area contributed by atoms with E-state index in [0.717, 1.165) is 10.5 Å². The SMILES string of the molecule is CC(SSc1ccc(O)cc1)C(=O)c1ccccc1. The molecule has 4 heteroatoms. The molecule has 1 atom stereocenters. The fourth-order valence-electron chi connectivity index (χ4n) is 1.51. The van der Waals surface area contributed by atoms with Gasteiger partial charge in [-0.3, -0.25) is 4.79 Å². The van der Waals surface area contributed by atoms with Crippen LogP contribution in [0.5, 0.6) is 5.75 Å². The fourth-order valence-corrected chi connectivity index (χ4v) is 3.60. The number of aromatic hydroxyl groups is 1. The molecule has 0 aromatic heterocycles. The molecule has 0 bridgehead atoms. The van der Waals surface area contributed by atoms with Crippen LogP contribution in [0.1, 0.15) is 17.3 Å². The van der Waals surface area contributed by atoms with E-state index in [2.05, 4.69) is 0 Å². The minimum Gasteiger partial charge on any atom is -0.508 e. The Morgan fingerprint density at radius 2 is 1.68 bits per heavy atom. The first-order chi connectivity index (χ1) is 9.16. The van der Waals surface area contributed by atoms with Gasteiger partial charge in [0.1, 0.15) is 5.75 Å². The van der Waals surface area contributed by atoms with Gasteiger partial charge in [-0.2, -0.15) is 0 Å². The van der Waals surface area contributed by atoms with Crippen LogP contribution < -0.4 is 0 Å². The number of hydrogen-bond donors (Lipinski definition) is 1. The Morgan fingerprint density at radius 3 is 2.32 bits per heavy atom. The van der Waals surface area contributed by atoms with E-state index < -0.39 is 0 Å². The summed E-state index contributed by atoms with van der Waals surface area (Å²) in [5, 5.41) is 9.09. The summed E-state index contributed by atoms with van der Waals surface area (Å²) >= 11 is 0. The number of hydrogen-bond acceptors (Lipinski definition) is 4. The zero-order chi connectivity index (χ0) is 13.7. The second-order valence-corrected chi connectivity index (χ2v) is 6.66. The first-order valence-corrected chi connectivity index (χ1v) is 8.10. The Balaban J connectivity index is 1.92. The van der Waals surface area contributed by atoms with Crippen molar-refractivity contribution >= 4 is 27.4 Å². The lowest BCUT2D eigenvalue weighted by molar-refractivity contribution is 0.0994. The van der Waals surface area contributed by atoms with Gasteiger partial charge >= 0.3 is 0 Å². The number of carbonyl (C=O) groups excluding carboxylic acids is 1. The molecule has 0 aliphatic carbocycles. The minimum absolute atomic E-state index is 0.110. The van der Waals surface area contributed by atoms with E-state index in [1.807, 2.05) is 49.4 Å². The summed E-state index contributed by atoms with van der Waals surface area (Å²) in [5.74, 6) is 0.389. The molecule has 1 unspecified atom stereocenters. The van der Waals surface area contributed by atoms with Crippen molar-refractivity contribution in [3.8, 4) is 5.75 Å². The Hall–Kier alpha value is -1.39. The summed E-state index contributed by atoms with van der Waals surface area (Å²) in [4.78, 5) is 13.2. The van der Waals surface area contributed by atoms with Gasteiger partial charge in [-0.15, -0.1) is 0 Å². The molecule has 0 heterocycles. The zero-order valence-electron chi connectivity index (χ0n) is 10.4. The summed E-state index contributed by atoms with van der Waals surface area (Å²) in [5.41, 5.74) is 0.744. The van der Waals surface area contributed by atoms with Gasteiger partial charge in [0.15, 0.2) is 5.78 Å². The van der Waals surface area contributed by atoms with Crippen molar-refractivity contribution < 1.29 is 9.90 Å². The zero-order valence-corrected chi connectivity index (χ0v) is 12.1. The molecule has 2 aromatic carbocycles. The van der Waals surface area contributed by atoms with Gasteiger partial charge in [-0.25, -0.2) is 0 Å². The maximum atomic E-state index is 12.1. The third-order valence-electron chi connectivity index (χ3n) is 2.55. The summed E-state index contributed by atoms with van der Waals surface area (Å²) in [6, 6.07) is 16.3. The molecule has 0 aliphatic rings. The first kappa shape index (κ1) is 14.0. The normalized spacial score (nSPS) is 12.1. The summed E-state index contributed by atoms with van der Waals surface area (Å²) in [6.45, 7) is 1.91. The van der Waals surface area contributed by atoms with Crippen LogP contribution in [0.2, 0.25) is 0 Å². The smallest absolute Gasteiger partial charge is 0.176 e. The van der Waals surface area contributed by atoms with Crippen LogP contribution in [0.15, 0.2) is 59.5 Å². The van der Waals surface area contributed by atoms with Gasteiger partial charge in [0.05, 0.1) is 5.25 Å². The van der Waals surface area contributed by atoms with Gasteiger partial charge in [0.2, 0.25) is 0 Å². The Kier molecular flexibility index (Phi) is 4.93. The van der Waals surface area contributed by atoms with E-state index in [1.165, 1.54) is 10.8 Å². The monoisotopic (exact) mass is 290 g/mol. The van der Waals surface area contributed by atoms with Crippen molar-refractivity contribution in [2.45, 2.75) is 17.1 Å². The van der Waals surface area contributed by atoms with Crippen molar-refractivity contribution in [1.82, 2.24) is 0 Å². The predicted octanol–water partition coefficient (Wildman–Crippen LogP) is 4.40. The van der Waals surface area contributed by atoms with Crippen molar-refractivity contribution in [3.05, 3.63) is 60.2 Å². The molecule has 98 valence electrons. The van der Waals surface area contributed by atoms with E-state index in [9.17, 15) is 9.90 Å². The van der Waals surface area contributed by atoms with Gasteiger partial charge in [-0.05, 0) is 31.2 Å². The molecule has 2 rings (SSSR count). The molecule has 0 aliphatic heterocycles. The molecule has 0 saturated carbocycles. The molecule has 0 amide bonds. The highest BCUT2D eigenvalue weighted by Crippen LogP contribution is 2.36. The fraction of sp³-hybridized carbons (Fsp3) is 0.133. The number of phenols is 1. The quantitative estimate of drug-likeness (QED) is 0.654. The van der Waals surface area contributed by atoms with Crippen LogP contribution in [0, 0.1) is 0 Å². The van der Waals surface area contributed by atoms with Gasteiger partial charge in [0, 0.05) is 10.5 Å². The van der Waals surface area contributed by atoms with Crippen LogP contribution in [0.4, 0.5) is 0 Å². The number of rotatable bonds is 5. The Bertz CT molecular complexity index is 538. The summed E-state index contributed by atoms with van der Waals surface area (Å²) in [7, 11) is 3.07. The lowest BCUT2D eigenvalue weighted by Crippen LogP contribution is -2.12. The van der Waals surface area contributed by atoms with Gasteiger partial charge in [0.25, 0.3) is 0 Å². The van der Waals surface area contributed by atoms with Gasteiger partial charge < -0.3 is 5.11 Å². The molecule has 2 nitrogen and oxygen atoms in total. The second kappa shape index (κ2) is 6.68. The van der Waals surface area contributed by atoms with E-state index in [1.54, 1.807) is 22.9 Å². The van der Waals surface area contributed by atoms with E-state index >= 15 is 0 Å². The van der Waals surface area contributed by atoms with Crippen LogP contribution in [-0.4, -0.2) is 16.1 Å². The molecule has 0 saturated heterocycles. The number of phenolic OH excluding ortho intramolecular Hbond substituents is 1. The number of benzene rings is 2. The van der Waals surface area contributed by atoms with Crippen LogP contribution >= 0.6 is 21.6 Å². The molecule has 2 aromatic rings. The minimum atomic E-state index is -0.110. The highest BCUT2D eigenvalue weighted by molar-refractivity contribution is 8.77. The highest BCUT2D eigenvalue weighted by Gasteiger charge is 2.15. The Morgan fingerprint density at radius 1 is 1.05 bits per heavy atom. The second-order valence-electron chi connectivity index (χ2n) is 4.05. The first-order valence-electron chi connectivity index (χ1n) is 5.88.